The zero-order chi connectivity index (χ0) is 17.1. The summed E-state index contributed by atoms with van der Waals surface area (Å²) in [5.41, 5.74) is 1.76. The normalized spacial score (nSPS) is 14.2. The number of amides is 1. The molecule has 0 aliphatic carbocycles. The fraction of sp³-hybridized carbons (Fsp3) is 0.412. The largest absolute Gasteiger partial charge is 0.486 e. The monoisotopic (exact) mass is 348 g/mol. The molecule has 2 heterocycles. The molecule has 0 saturated heterocycles. The molecule has 1 aliphatic heterocycles. The predicted molar refractivity (Wildman–Crippen MR) is 91.9 cm³/mol. The third-order valence-electron chi connectivity index (χ3n) is 3.99. The lowest BCUT2D eigenvalue weighted by Gasteiger charge is -2.22. The molecule has 1 N–H and O–H groups in total. The van der Waals surface area contributed by atoms with Crippen LogP contribution in [0.3, 0.4) is 0 Å². The van der Waals surface area contributed by atoms with E-state index < -0.39 is 0 Å². The highest BCUT2D eigenvalue weighted by Gasteiger charge is 2.18. The van der Waals surface area contributed by atoms with Crippen molar-refractivity contribution in [3.8, 4) is 11.5 Å². The fourth-order valence-corrected chi connectivity index (χ4v) is 3.41. The Balaban J connectivity index is 1.72. The summed E-state index contributed by atoms with van der Waals surface area (Å²) in [4.78, 5) is 23.9. The topological polar surface area (TPSA) is 69.6 Å². The van der Waals surface area contributed by atoms with Gasteiger partial charge in [0.25, 0.3) is 0 Å². The number of nitrogens with zero attached hydrogens (tertiary/aromatic N) is 1. The lowest BCUT2D eigenvalue weighted by atomic mass is 10.0. The first-order valence-corrected chi connectivity index (χ1v) is 8.80. The summed E-state index contributed by atoms with van der Waals surface area (Å²) in [5.74, 6) is 1.25. The van der Waals surface area contributed by atoms with Crippen LogP contribution in [0.1, 0.15) is 30.6 Å². The van der Waals surface area contributed by atoms with Crippen molar-refractivity contribution in [2.24, 2.45) is 0 Å². The van der Waals surface area contributed by atoms with E-state index in [1.54, 1.807) is 5.38 Å². The lowest BCUT2D eigenvalue weighted by Crippen LogP contribution is -2.33. The molecule has 3 rings (SSSR count). The summed E-state index contributed by atoms with van der Waals surface area (Å²) in [6.07, 6.45) is 0.739. The molecule has 24 heavy (non-hydrogen) atoms. The van der Waals surface area contributed by atoms with Crippen LogP contribution in [0.15, 0.2) is 28.4 Å². The molecule has 0 fully saturated rings. The van der Waals surface area contributed by atoms with Crippen LogP contribution in [0.4, 0.5) is 0 Å². The molecule has 0 saturated carbocycles. The van der Waals surface area contributed by atoms with Crippen molar-refractivity contribution < 1.29 is 14.3 Å². The Kier molecular flexibility index (Phi) is 4.89. The SMILES string of the molecule is CCC(NC(=O)Cn1c(C)csc1=O)c1ccc2c(c1)OCCO2. The van der Waals surface area contributed by atoms with Crippen molar-refractivity contribution in [3.63, 3.8) is 0 Å². The van der Waals surface area contributed by atoms with Gasteiger partial charge in [0.2, 0.25) is 5.91 Å². The molecule has 2 aromatic rings. The lowest BCUT2D eigenvalue weighted by molar-refractivity contribution is -0.122. The molecule has 1 atom stereocenters. The van der Waals surface area contributed by atoms with Gasteiger partial charge in [-0.1, -0.05) is 24.3 Å². The summed E-state index contributed by atoms with van der Waals surface area (Å²) in [5, 5.41) is 4.75. The van der Waals surface area contributed by atoms with Gasteiger partial charge in [0.05, 0.1) is 6.04 Å². The minimum Gasteiger partial charge on any atom is -0.486 e. The number of aromatic nitrogens is 1. The number of benzene rings is 1. The van der Waals surface area contributed by atoms with Crippen LogP contribution in [-0.2, 0) is 11.3 Å². The van der Waals surface area contributed by atoms with E-state index in [9.17, 15) is 9.59 Å². The highest BCUT2D eigenvalue weighted by Crippen LogP contribution is 2.33. The molecule has 1 aliphatic rings. The van der Waals surface area contributed by atoms with E-state index in [1.807, 2.05) is 32.0 Å². The second-order valence-electron chi connectivity index (χ2n) is 5.66. The Hall–Kier alpha value is -2.28. The molecule has 7 heteroatoms. The first-order valence-electron chi connectivity index (χ1n) is 7.92. The number of carbonyl (C=O) groups is 1. The van der Waals surface area contributed by atoms with Crippen LogP contribution in [0, 0.1) is 6.92 Å². The first kappa shape index (κ1) is 16.6. The second kappa shape index (κ2) is 7.09. The minimum atomic E-state index is -0.180. The van der Waals surface area contributed by atoms with Gasteiger partial charge in [0.15, 0.2) is 11.5 Å². The Morgan fingerprint density at radius 2 is 2.08 bits per heavy atom. The van der Waals surface area contributed by atoms with Crippen molar-refractivity contribution in [2.75, 3.05) is 13.2 Å². The van der Waals surface area contributed by atoms with Crippen molar-refractivity contribution >= 4 is 17.2 Å². The Labute approximate surface area is 144 Å². The third kappa shape index (κ3) is 3.46. The van der Waals surface area contributed by atoms with Crippen LogP contribution in [0.2, 0.25) is 0 Å². The summed E-state index contributed by atoms with van der Waals surface area (Å²) in [6.45, 7) is 4.94. The summed E-state index contributed by atoms with van der Waals surface area (Å²) in [7, 11) is 0. The van der Waals surface area contributed by atoms with Gasteiger partial charge in [-0.2, -0.15) is 0 Å². The van der Waals surface area contributed by atoms with Gasteiger partial charge in [-0.15, -0.1) is 0 Å². The molecule has 1 aromatic heterocycles. The van der Waals surface area contributed by atoms with Gasteiger partial charge in [0, 0.05) is 11.1 Å². The van der Waals surface area contributed by atoms with Crippen molar-refractivity contribution in [1.29, 1.82) is 0 Å². The molecule has 128 valence electrons. The number of fused-ring (bicyclic) bond motifs is 1. The van der Waals surface area contributed by atoms with Gasteiger partial charge in [-0.3, -0.25) is 14.2 Å². The van der Waals surface area contributed by atoms with Gasteiger partial charge < -0.3 is 14.8 Å². The van der Waals surface area contributed by atoms with E-state index in [-0.39, 0.29) is 23.4 Å². The van der Waals surface area contributed by atoms with E-state index in [1.165, 1.54) is 4.57 Å². The molecule has 6 nitrogen and oxygen atoms in total. The van der Waals surface area contributed by atoms with E-state index in [0.717, 1.165) is 34.8 Å². The van der Waals surface area contributed by atoms with Gasteiger partial charge in [-0.05, 0) is 31.0 Å². The van der Waals surface area contributed by atoms with Crippen molar-refractivity contribution in [3.05, 3.63) is 44.5 Å². The first-order chi connectivity index (χ1) is 11.6. The summed E-state index contributed by atoms with van der Waals surface area (Å²) in [6, 6.07) is 5.57. The maximum atomic E-state index is 12.3. The van der Waals surface area contributed by atoms with E-state index >= 15 is 0 Å². The third-order valence-corrected chi connectivity index (χ3v) is 4.87. The quantitative estimate of drug-likeness (QED) is 0.900. The summed E-state index contributed by atoms with van der Waals surface area (Å²) < 4.78 is 12.6. The number of hydrogen-bond donors (Lipinski definition) is 1. The van der Waals surface area contributed by atoms with Gasteiger partial charge in [0.1, 0.15) is 19.8 Å². The van der Waals surface area contributed by atoms with E-state index in [2.05, 4.69) is 5.32 Å². The predicted octanol–water partition coefficient (Wildman–Crippen LogP) is 2.26. The molecular weight excluding hydrogens is 328 g/mol. The van der Waals surface area contributed by atoms with Crippen LogP contribution >= 0.6 is 11.3 Å². The maximum absolute atomic E-state index is 12.3. The summed E-state index contributed by atoms with van der Waals surface area (Å²) >= 11 is 1.11. The minimum absolute atomic E-state index is 0.0369. The molecule has 1 aromatic carbocycles. The average molecular weight is 348 g/mol. The maximum Gasteiger partial charge on any atom is 0.307 e. The van der Waals surface area contributed by atoms with Gasteiger partial charge >= 0.3 is 4.87 Å². The van der Waals surface area contributed by atoms with Crippen molar-refractivity contribution in [2.45, 2.75) is 32.9 Å². The van der Waals surface area contributed by atoms with Crippen LogP contribution in [-0.4, -0.2) is 23.7 Å². The molecule has 1 unspecified atom stereocenters. The van der Waals surface area contributed by atoms with Crippen LogP contribution in [0.5, 0.6) is 11.5 Å². The zero-order valence-corrected chi connectivity index (χ0v) is 14.5. The zero-order valence-electron chi connectivity index (χ0n) is 13.7. The number of hydrogen-bond acceptors (Lipinski definition) is 5. The highest BCUT2D eigenvalue weighted by molar-refractivity contribution is 7.07. The standard InChI is InChI=1S/C17H20N2O4S/c1-3-13(12-4-5-14-15(8-12)23-7-6-22-14)18-16(20)9-19-11(2)10-24-17(19)21/h4-5,8,10,13H,3,6-7,9H2,1-2H3,(H,18,20). The Morgan fingerprint density at radius 1 is 1.33 bits per heavy atom. The Bertz CT molecular complexity index is 796. The van der Waals surface area contributed by atoms with Gasteiger partial charge in [-0.25, -0.2) is 0 Å². The highest BCUT2D eigenvalue weighted by atomic mass is 32.1. The van der Waals surface area contributed by atoms with E-state index in [0.29, 0.717) is 19.0 Å². The molecule has 0 bridgehead atoms. The molecule has 0 radical (unpaired) electrons. The number of thiazole rings is 1. The second-order valence-corrected chi connectivity index (χ2v) is 6.48. The van der Waals surface area contributed by atoms with Crippen molar-refractivity contribution in [1.82, 2.24) is 9.88 Å². The van der Waals surface area contributed by atoms with E-state index in [4.69, 9.17) is 9.47 Å². The molecular formula is C17H20N2O4S. The number of nitrogens with one attached hydrogen (secondary N) is 1. The molecule has 0 spiro atoms. The average Bonchev–Trinajstić information content (AvgIpc) is 2.91. The molecule has 1 amide bonds. The fourth-order valence-electron chi connectivity index (χ4n) is 2.68. The number of rotatable bonds is 5. The smallest absolute Gasteiger partial charge is 0.307 e. The number of ether oxygens (including phenoxy) is 2. The number of carbonyl (C=O) groups excluding carboxylic acids is 1. The van der Waals surface area contributed by atoms with Crippen LogP contribution < -0.4 is 19.7 Å². The number of aryl methyl sites for hydroxylation is 1. The van der Waals surface area contributed by atoms with Crippen LogP contribution in [0.25, 0.3) is 0 Å². The Morgan fingerprint density at radius 3 is 2.75 bits per heavy atom.